The van der Waals surface area contributed by atoms with Crippen LogP contribution < -0.4 is 5.32 Å². The summed E-state index contributed by atoms with van der Waals surface area (Å²) >= 11 is 0. The summed E-state index contributed by atoms with van der Waals surface area (Å²) in [6.45, 7) is 3.11. The summed E-state index contributed by atoms with van der Waals surface area (Å²) in [5.74, 6) is 1.94. The van der Waals surface area contributed by atoms with Crippen LogP contribution in [0.5, 0.6) is 0 Å². The number of aliphatic imine (C=N–C) groups is 1. The van der Waals surface area contributed by atoms with Crippen LogP contribution in [0.2, 0.25) is 0 Å². The second kappa shape index (κ2) is 9.30. The van der Waals surface area contributed by atoms with Crippen LogP contribution in [0.4, 0.5) is 0 Å². The van der Waals surface area contributed by atoms with Gasteiger partial charge < -0.3 is 14.6 Å². The number of likely N-dealkylation sites (tertiary alicyclic amines) is 1. The van der Waals surface area contributed by atoms with E-state index in [4.69, 9.17) is 4.42 Å². The quantitative estimate of drug-likeness (QED) is 0.474. The van der Waals surface area contributed by atoms with Crippen LogP contribution >= 0.6 is 24.0 Å². The SMILES string of the molecule is CN=C(NCC(c1ccco1)N1CCCCC1)N(C)C.I. The number of piperidine rings is 1. The summed E-state index contributed by atoms with van der Waals surface area (Å²) in [4.78, 5) is 8.78. The molecule has 0 amide bonds. The van der Waals surface area contributed by atoms with Crippen molar-refractivity contribution < 1.29 is 4.42 Å². The number of guanidine groups is 1. The first-order chi connectivity index (χ1) is 9.72. The van der Waals surface area contributed by atoms with Crippen molar-refractivity contribution in [3.05, 3.63) is 24.2 Å². The van der Waals surface area contributed by atoms with Crippen molar-refractivity contribution in [1.82, 2.24) is 15.1 Å². The topological polar surface area (TPSA) is 44.0 Å². The fraction of sp³-hybridized carbons (Fsp3) is 0.667. The van der Waals surface area contributed by atoms with E-state index >= 15 is 0 Å². The van der Waals surface area contributed by atoms with E-state index in [1.807, 2.05) is 32.1 Å². The van der Waals surface area contributed by atoms with E-state index in [2.05, 4.69) is 21.3 Å². The first-order valence-electron chi connectivity index (χ1n) is 7.38. The molecule has 0 spiro atoms. The average molecular weight is 406 g/mol. The van der Waals surface area contributed by atoms with Gasteiger partial charge in [-0.15, -0.1) is 24.0 Å². The highest BCUT2D eigenvalue weighted by atomic mass is 127. The summed E-state index contributed by atoms with van der Waals surface area (Å²) in [6.07, 6.45) is 5.65. The Kier molecular flexibility index (Phi) is 8.10. The molecule has 2 heterocycles. The van der Waals surface area contributed by atoms with Crippen molar-refractivity contribution in [1.29, 1.82) is 0 Å². The fourth-order valence-corrected chi connectivity index (χ4v) is 2.75. The van der Waals surface area contributed by atoms with E-state index in [1.165, 1.54) is 19.3 Å². The highest BCUT2D eigenvalue weighted by Gasteiger charge is 2.24. The Balaban J connectivity index is 0.00000220. The van der Waals surface area contributed by atoms with Gasteiger partial charge in [-0.3, -0.25) is 9.89 Å². The summed E-state index contributed by atoms with van der Waals surface area (Å²) in [7, 11) is 5.81. The van der Waals surface area contributed by atoms with Crippen LogP contribution in [0, 0.1) is 0 Å². The van der Waals surface area contributed by atoms with Crippen molar-refractivity contribution in [3.63, 3.8) is 0 Å². The molecule has 0 saturated carbocycles. The molecule has 21 heavy (non-hydrogen) atoms. The third-order valence-corrected chi connectivity index (χ3v) is 3.79. The Morgan fingerprint density at radius 1 is 1.38 bits per heavy atom. The molecule has 0 radical (unpaired) electrons. The van der Waals surface area contributed by atoms with Crippen LogP contribution in [0.25, 0.3) is 0 Å². The molecule has 0 aliphatic carbocycles. The van der Waals surface area contributed by atoms with Gasteiger partial charge >= 0.3 is 0 Å². The molecule has 0 bridgehead atoms. The number of halogens is 1. The zero-order valence-corrected chi connectivity index (χ0v) is 15.5. The largest absolute Gasteiger partial charge is 0.468 e. The molecule has 0 aromatic carbocycles. The maximum atomic E-state index is 5.64. The molecular formula is C15H27IN4O. The van der Waals surface area contributed by atoms with Crippen LogP contribution in [-0.2, 0) is 0 Å². The van der Waals surface area contributed by atoms with E-state index in [0.29, 0.717) is 0 Å². The minimum Gasteiger partial charge on any atom is -0.468 e. The molecule has 1 aliphatic rings. The summed E-state index contributed by atoms with van der Waals surface area (Å²) in [5, 5.41) is 3.43. The highest BCUT2D eigenvalue weighted by Crippen LogP contribution is 2.24. The minimum absolute atomic E-state index is 0. The van der Waals surface area contributed by atoms with Gasteiger partial charge in [0.2, 0.25) is 0 Å². The molecule has 120 valence electrons. The van der Waals surface area contributed by atoms with Gasteiger partial charge in [-0.1, -0.05) is 6.42 Å². The first kappa shape index (κ1) is 18.3. The van der Waals surface area contributed by atoms with Gasteiger partial charge in [-0.2, -0.15) is 0 Å². The number of nitrogens with one attached hydrogen (secondary N) is 1. The first-order valence-corrected chi connectivity index (χ1v) is 7.38. The van der Waals surface area contributed by atoms with Crippen molar-refractivity contribution in [3.8, 4) is 0 Å². The average Bonchev–Trinajstić information content (AvgIpc) is 2.98. The molecule has 1 fully saturated rings. The van der Waals surface area contributed by atoms with Crippen molar-refractivity contribution in [2.45, 2.75) is 25.3 Å². The highest BCUT2D eigenvalue weighted by molar-refractivity contribution is 14.0. The molecule has 6 heteroatoms. The second-order valence-electron chi connectivity index (χ2n) is 5.45. The van der Waals surface area contributed by atoms with E-state index < -0.39 is 0 Å². The predicted molar refractivity (Wildman–Crippen MR) is 97.3 cm³/mol. The minimum atomic E-state index is 0. The molecule has 1 saturated heterocycles. The number of nitrogens with zero attached hydrogens (tertiary/aromatic N) is 3. The van der Waals surface area contributed by atoms with Crippen LogP contribution in [-0.4, -0.2) is 56.5 Å². The Morgan fingerprint density at radius 2 is 2.10 bits per heavy atom. The van der Waals surface area contributed by atoms with Gasteiger partial charge in [0.1, 0.15) is 5.76 Å². The standard InChI is InChI=1S/C15H26N4O.HI/c1-16-15(18(2)3)17-12-13(14-8-7-11-20-14)19-9-5-4-6-10-19;/h7-8,11,13H,4-6,9-10,12H2,1-3H3,(H,16,17);1H. The third kappa shape index (κ3) is 5.18. The lowest BCUT2D eigenvalue weighted by atomic mass is 10.1. The maximum absolute atomic E-state index is 5.64. The number of rotatable bonds is 4. The molecule has 1 aromatic rings. The fourth-order valence-electron chi connectivity index (χ4n) is 2.75. The molecule has 5 nitrogen and oxygen atoms in total. The van der Waals surface area contributed by atoms with Crippen molar-refractivity contribution in [2.24, 2.45) is 4.99 Å². The molecule has 1 aliphatic heterocycles. The van der Waals surface area contributed by atoms with Crippen LogP contribution in [0.1, 0.15) is 31.1 Å². The maximum Gasteiger partial charge on any atom is 0.193 e. The van der Waals surface area contributed by atoms with Gasteiger partial charge in [0.15, 0.2) is 5.96 Å². The van der Waals surface area contributed by atoms with Crippen molar-refractivity contribution >= 4 is 29.9 Å². The van der Waals surface area contributed by atoms with Crippen LogP contribution in [0.15, 0.2) is 27.8 Å². The lowest BCUT2D eigenvalue weighted by Gasteiger charge is -2.34. The number of furan rings is 1. The monoisotopic (exact) mass is 406 g/mol. The van der Waals surface area contributed by atoms with E-state index in [0.717, 1.165) is 31.4 Å². The lowest BCUT2D eigenvalue weighted by molar-refractivity contribution is 0.146. The Bertz CT molecular complexity index is 413. The molecule has 1 unspecified atom stereocenters. The Morgan fingerprint density at radius 3 is 2.62 bits per heavy atom. The van der Waals surface area contributed by atoms with E-state index in [-0.39, 0.29) is 30.0 Å². The predicted octanol–water partition coefficient (Wildman–Crippen LogP) is 2.56. The van der Waals surface area contributed by atoms with Crippen LogP contribution in [0.3, 0.4) is 0 Å². The second-order valence-corrected chi connectivity index (χ2v) is 5.45. The summed E-state index contributed by atoms with van der Waals surface area (Å²) in [5.41, 5.74) is 0. The Labute approximate surface area is 144 Å². The van der Waals surface area contributed by atoms with Gasteiger partial charge in [0, 0.05) is 27.7 Å². The molecule has 2 rings (SSSR count). The zero-order valence-electron chi connectivity index (χ0n) is 13.2. The van der Waals surface area contributed by atoms with Gasteiger partial charge in [-0.25, -0.2) is 0 Å². The third-order valence-electron chi connectivity index (χ3n) is 3.79. The van der Waals surface area contributed by atoms with E-state index in [9.17, 15) is 0 Å². The zero-order chi connectivity index (χ0) is 14.4. The van der Waals surface area contributed by atoms with Crippen molar-refractivity contribution in [2.75, 3.05) is 40.8 Å². The normalized spacial score (nSPS) is 18.0. The molecular weight excluding hydrogens is 379 g/mol. The molecule has 1 N–H and O–H groups in total. The number of hydrogen-bond donors (Lipinski definition) is 1. The van der Waals surface area contributed by atoms with Gasteiger partial charge in [-0.05, 0) is 38.1 Å². The summed E-state index contributed by atoms with van der Waals surface area (Å²) < 4.78 is 5.64. The summed E-state index contributed by atoms with van der Waals surface area (Å²) in [6, 6.07) is 4.31. The van der Waals surface area contributed by atoms with Gasteiger partial charge in [0.05, 0.1) is 12.3 Å². The van der Waals surface area contributed by atoms with Gasteiger partial charge in [0.25, 0.3) is 0 Å². The smallest absolute Gasteiger partial charge is 0.193 e. The molecule has 1 aromatic heterocycles. The Hall–Kier alpha value is -0.760. The van der Waals surface area contributed by atoms with E-state index in [1.54, 1.807) is 6.26 Å². The molecule has 1 atom stereocenters. The lowest BCUT2D eigenvalue weighted by Crippen LogP contribution is -2.43. The number of hydrogen-bond acceptors (Lipinski definition) is 3.